The predicted octanol–water partition coefficient (Wildman–Crippen LogP) is 2.30. The molecular weight excluding hydrogens is 270 g/mol. The monoisotopic (exact) mass is 287 g/mol. The first kappa shape index (κ1) is 14.9. The number of aryl methyl sites for hydroxylation is 1. The standard InChI is InChI=1S/C15H17N3O3/c1-12-9-14(18(20)21)10-16-15(12)17(7-8-19)11-13-5-3-2-4-6-13/h2-6,9-10,19H,7-8,11H2,1H3. The summed E-state index contributed by atoms with van der Waals surface area (Å²) in [6, 6.07) is 11.3. The van der Waals surface area contributed by atoms with E-state index >= 15 is 0 Å². The molecule has 1 heterocycles. The lowest BCUT2D eigenvalue weighted by Crippen LogP contribution is -2.27. The van der Waals surface area contributed by atoms with Crippen molar-refractivity contribution in [2.75, 3.05) is 18.1 Å². The molecule has 2 aromatic rings. The van der Waals surface area contributed by atoms with Crippen LogP contribution in [0.5, 0.6) is 0 Å². The SMILES string of the molecule is Cc1cc([N+](=O)[O-])cnc1N(CCO)Cc1ccccc1. The Balaban J connectivity index is 2.27. The highest BCUT2D eigenvalue weighted by molar-refractivity contribution is 5.50. The van der Waals surface area contributed by atoms with E-state index in [1.54, 1.807) is 6.92 Å². The Morgan fingerprint density at radius 3 is 2.62 bits per heavy atom. The molecule has 0 bridgehead atoms. The Labute approximate surface area is 122 Å². The number of hydrogen-bond donors (Lipinski definition) is 1. The summed E-state index contributed by atoms with van der Waals surface area (Å²) in [6.45, 7) is 2.78. The summed E-state index contributed by atoms with van der Waals surface area (Å²) in [5, 5.41) is 20.0. The van der Waals surface area contributed by atoms with Crippen molar-refractivity contribution in [1.29, 1.82) is 0 Å². The number of nitrogens with zero attached hydrogens (tertiary/aromatic N) is 3. The summed E-state index contributed by atoms with van der Waals surface area (Å²) < 4.78 is 0. The molecule has 0 fully saturated rings. The Bertz CT molecular complexity index is 617. The van der Waals surface area contributed by atoms with Crippen LogP contribution in [-0.4, -0.2) is 28.2 Å². The summed E-state index contributed by atoms with van der Waals surface area (Å²) in [6.07, 6.45) is 1.25. The summed E-state index contributed by atoms with van der Waals surface area (Å²) in [5.41, 5.74) is 1.78. The summed E-state index contributed by atoms with van der Waals surface area (Å²) in [4.78, 5) is 16.4. The van der Waals surface area contributed by atoms with E-state index in [4.69, 9.17) is 0 Å². The van der Waals surface area contributed by atoms with Gasteiger partial charge in [-0.1, -0.05) is 30.3 Å². The quantitative estimate of drug-likeness (QED) is 0.651. The summed E-state index contributed by atoms with van der Waals surface area (Å²) in [5.74, 6) is 0.651. The minimum absolute atomic E-state index is 0.00899. The van der Waals surface area contributed by atoms with E-state index in [9.17, 15) is 15.2 Å². The molecule has 0 aliphatic carbocycles. The van der Waals surface area contributed by atoms with Gasteiger partial charge in [0.1, 0.15) is 12.0 Å². The van der Waals surface area contributed by atoms with Gasteiger partial charge in [0.05, 0.1) is 11.5 Å². The number of aliphatic hydroxyl groups is 1. The molecule has 0 spiro atoms. The molecule has 21 heavy (non-hydrogen) atoms. The van der Waals surface area contributed by atoms with Crippen molar-refractivity contribution in [3.05, 3.63) is 63.8 Å². The third-order valence-electron chi connectivity index (χ3n) is 3.13. The number of aromatic nitrogens is 1. The van der Waals surface area contributed by atoms with Crippen LogP contribution in [0.3, 0.4) is 0 Å². The molecule has 1 aromatic carbocycles. The highest BCUT2D eigenvalue weighted by Crippen LogP contribution is 2.22. The zero-order valence-corrected chi connectivity index (χ0v) is 11.8. The van der Waals surface area contributed by atoms with Gasteiger partial charge >= 0.3 is 0 Å². The van der Waals surface area contributed by atoms with E-state index in [0.717, 1.165) is 5.56 Å². The van der Waals surface area contributed by atoms with Crippen LogP contribution in [0.15, 0.2) is 42.6 Å². The number of rotatable bonds is 6. The highest BCUT2D eigenvalue weighted by Gasteiger charge is 2.15. The van der Waals surface area contributed by atoms with Gasteiger partial charge in [-0.3, -0.25) is 10.1 Å². The molecule has 1 aromatic heterocycles. The fourth-order valence-electron chi connectivity index (χ4n) is 2.17. The molecule has 6 heteroatoms. The normalized spacial score (nSPS) is 10.4. The van der Waals surface area contributed by atoms with Gasteiger partial charge in [-0.05, 0) is 18.1 Å². The molecule has 1 N–H and O–H groups in total. The van der Waals surface area contributed by atoms with Gasteiger partial charge in [0.2, 0.25) is 0 Å². The van der Waals surface area contributed by atoms with Crippen molar-refractivity contribution < 1.29 is 10.0 Å². The van der Waals surface area contributed by atoms with Crippen LogP contribution < -0.4 is 4.90 Å². The lowest BCUT2D eigenvalue weighted by Gasteiger charge is -2.24. The molecule has 0 unspecified atom stereocenters. The van der Waals surface area contributed by atoms with Gasteiger partial charge < -0.3 is 10.0 Å². The van der Waals surface area contributed by atoms with Crippen LogP contribution in [-0.2, 0) is 6.54 Å². The topological polar surface area (TPSA) is 79.5 Å². The zero-order valence-electron chi connectivity index (χ0n) is 11.8. The number of benzene rings is 1. The molecule has 0 saturated carbocycles. The van der Waals surface area contributed by atoms with Gasteiger partial charge in [0.15, 0.2) is 0 Å². The Kier molecular flexibility index (Phi) is 4.84. The maximum atomic E-state index is 10.8. The van der Waals surface area contributed by atoms with Crippen LogP contribution in [0.1, 0.15) is 11.1 Å². The van der Waals surface area contributed by atoms with Gasteiger partial charge in [-0.15, -0.1) is 0 Å². The zero-order chi connectivity index (χ0) is 15.2. The van der Waals surface area contributed by atoms with Crippen molar-refractivity contribution in [2.24, 2.45) is 0 Å². The second-order valence-corrected chi connectivity index (χ2v) is 4.72. The van der Waals surface area contributed by atoms with Gasteiger partial charge in [0, 0.05) is 19.2 Å². The molecule has 0 amide bonds. The lowest BCUT2D eigenvalue weighted by atomic mass is 10.2. The van der Waals surface area contributed by atoms with E-state index in [1.807, 2.05) is 35.2 Å². The first-order valence-electron chi connectivity index (χ1n) is 6.62. The van der Waals surface area contributed by atoms with Crippen molar-refractivity contribution in [1.82, 2.24) is 4.98 Å². The third-order valence-corrected chi connectivity index (χ3v) is 3.13. The molecule has 110 valence electrons. The van der Waals surface area contributed by atoms with Crippen molar-refractivity contribution >= 4 is 11.5 Å². The molecule has 0 aliphatic heterocycles. The number of pyridine rings is 1. The minimum atomic E-state index is -0.461. The minimum Gasteiger partial charge on any atom is -0.395 e. The number of aliphatic hydroxyl groups excluding tert-OH is 1. The number of hydrogen-bond acceptors (Lipinski definition) is 5. The Morgan fingerprint density at radius 2 is 2.05 bits per heavy atom. The first-order chi connectivity index (χ1) is 10.1. The van der Waals surface area contributed by atoms with Crippen LogP contribution in [0.25, 0.3) is 0 Å². The number of anilines is 1. The van der Waals surface area contributed by atoms with Crippen LogP contribution >= 0.6 is 0 Å². The predicted molar refractivity (Wildman–Crippen MR) is 80.2 cm³/mol. The molecule has 0 aliphatic rings. The van der Waals surface area contributed by atoms with Crippen LogP contribution in [0, 0.1) is 17.0 Å². The summed E-state index contributed by atoms with van der Waals surface area (Å²) >= 11 is 0. The fourth-order valence-corrected chi connectivity index (χ4v) is 2.17. The highest BCUT2D eigenvalue weighted by atomic mass is 16.6. The molecular formula is C15H17N3O3. The largest absolute Gasteiger partial charge is 0.395 e. The van der Waals surface area contributed by atoms with E-state index in [2.05, 4.69) is 4.98 Å². The smallest absolute Gasteiger partial charge is 0.287 e. The molecule has 0 saturated heterocycles. The molecule has 0 atom stereocenters. The van der Waals surface area contributed by atoms with E-state index in [1.165, 1.54) is 12.3 Å². The summed E-state index contributed by atoms with van der Waals surface area (Å²) in [7, 11) is 0. The fraction of sp³-hybridized carbons (Fsp3) is 0.267. The second kappa shape index (κ2) is 6.81. The van der Waals surface area contributed by atoms with Crippen LogP contribution in [0.4, 0.5) is 11.5 Å². The number of nitro groups is 1. The lowest BCUT2D eigenvalue weighted by molar-refractivity contribution is -0.385. The van der Waals surface area contributed by atoms with Gasteiger partial charge in [-0.2, -0.15) is 0 Å². The maximum Gasteiger partial charge on any atom is 0.287 e. The Morgan fingerprint density at radius 1 is 1.33 bits per heavy atom. The van der Waals surface area contributed by atoms with Crippen LogP contribution in [0.2, 0.25) is 0 Å². The van der Waals surface area contributed by atoms with Gasteiger partial charge in [-0.25, -0.2) is 4.98 Å². The van der Waals surface area contributed by atoms with E-state index in [0.29, 0.717) is 24.5 Å². The molecule has 6 nitrogen and oxygen atoms in total. The van der Waals surface area contributed by atoms with Crippen molar-refractivity contribution in [2.45, 2.75) is 13.5 Å². The average Bonchev–Trinajstić information content (AvgIpc) is 2.48. The maximum absolute atomic E-state index is 10.8. The van der Waals surface area contributed by atoms with Gasteiger partial charge in [0.25, 0.3) is 5.69 Å². The molecule has 0 radical (unpaired) electrons. The van der Waals surface area contributed by atoms with E-state index in [-0.39, 0.29) is 12.3 Å². The third kappa shape index (κ3) is 3.76. The first-order valence-corrected chi connectivity index (χ1v) is 6.62. The molecule has 2 rings (SSSR count). The van der Waals surface area contributed by atoms with Crippen molar-refractivity contribution in [3.8, 4) is 0 Å². The average molecular weight is 287 g/mol. The Hall–Kier alpha value is -2.47. The van der Waals surface area contributed by atoms with Crippen molar-refractivity contribution in [3.63, 3.8) is 0 Å². The second-order valence-electron chi connectivity index (χ2n) is 4.72. The van der Waals surface area contributed by atoms with E-state index < -0.39 is 4.92 Å².